The van der Waals surface area contributed by atoms with Crippen LogP contribution in [0.1, 0.15) is 5.56 Å². The van der Waals surface area contributed by atoms with E-state index in [2.05, 4.69) is 5.10 Å². The third-order valence-electron chi connectivity index (χ3n) is 2.90. The minimum absolute atomic E-state index is 0.0227. The molecule has 0 saturated heterocycles. The van der Waals surface area contributed by atoms with Crippen molar-refractivity contribution in [1.82, 2.24) is 9.78 Å². The van der Waals surface area contributed by atoms with Crippen molar-refractivity contribution in [3.05, 3.63) is 69.5 Å². The molecule has 4 heteroatoms. The summed E-state index contributed by atoms with van der Waals surface area (Å²) in [6.45, 7) is 0.534. The maximum Gasteiger partial charge on any atom is 0.274 e. The van der Waals surface area contributed by atoms with Crippen LogP contribution in [0.2, 0.25) is 5.02 Å². The normalized spacial score (nSPS) is 10.9. The number of nitrogens with zero attached hydrogens (tertiary/aromatic N) is 1. The van der Waals surface area contributed by atoms with Crippen molar-refractivity contribution >= 4 is 22.5 Å². The van der Waals surface area contributed by atoms with Crippen molar-refractivity contribution in [1.29, 1.82) is 0 Å². The fourth-order valence-corrected chi connectivity index (χ4v) is 2.19. The zero-order valence-corrected chi connectivity index (χ0v) is 10.3. The Hall–Kier alpha value is -2.00. The molecule has 3 rings (SSSR count). The Balaban J connectivity index is 2.08. The van der Waals surface area contributed by atoms with Crippen LogP contribution < -0.4 is 5.56 Å². The lowest BCUT2D eigenvalue weighted by molar-refractivity contribution is 0.672. The third-order valence-corrected chi connectivity index (χ3v) is 3.13. The number of hydrogen-bond donors (Lipinski definition) is 1. The van der Waals surface area contributed by atoms with Gasteiger partial charge in [0.25, 0.3) is 5.56 Å². The molecule has 18 heavy (non-hydrogen) atoms. The Morgan fingerprint density at radius 2 is 1.89 bits per heavy atom. The molecule has 90 valence electrons. The SMILES string of the molecule is O=c1c2ccc(Cl)cc2[nH]n1Cc1ccccc1. The first kappa shape index (κ1) is 11.1. The van der Waals surface area contributed by atoms with Crippen molar-refractivity contribution in [2.45, 2.75) is 6.54 Å². The number of nitrogens with one attached hydrogen (secondary N) is 1. The molecule has 0 spiro atoms. The van der Waals surface area contributed by atoms with E-state index in [4.69, 9.17) is 11.6 Å². The average Bonchev–Trinajstić information content (AvgIpc) is 2.67. The van der Waals surface area contributed by atoms with E-state index >= 15 is 0 Å². The molecule has 1 heterocycles. The number of aromatic nitrogens is 2. The summed E-state index contributed by atoms with van der Waals surface area (Å²) in [6.07, 6.45) is 0. The fourth-order valence-electron chi connectivity index (χ4n) is 2.01. The Morgan fingerprint density at radius 3 is 2.67 bits per heavy atom. The van der Waals surface area contributed by atoms with Crippen molar-refractivity contribution < 1.29 is 0 Å². The smallest absolute Gasteiger partial charge is 0.274 e. The number of H-pyrrole nitrogens is 1. The van der Waals surface area contributed by atoms with E-state index in [1.54, 1.807) is 22.9 Å². The average molecular weight is 259 g/mol. The summed E-state index contributed by atoms with van der Waals surface area (Å²) in [5, 5.41) is 4.36. The monoisotopic (exact) mass is 258 g/mol. The zero-order valence-electron chi connectivity index (χ0n) is 9.56. The number of halogens is 1. The van der Waals surface area contributed by atoms with Gasteiger partial charge in [-0.05, 0) is 23.8 Å². The topological polar surface area (TPSA) is 37.8 Å². The highest BCUT2D eigenvalue weighted by molar-refractivity contribution is 6.31. The molecule has 0 amide bonds. The lowest BCUT2D eigenvalue weighted by atomic mass is 10.2. The third kappa shape index (κ3) is 1.93. The molecular weight excluding hydrogens is 248 g/mol. The van der Waals surface area contributed by atoms with E-state index in [1.165, 1.54) is 0 Å². The molecule has 0 aliphatic rings. The molecule has 0 atom stereocenters. The van der Waals surface area contributed by atoms with Gasteiger partial charge in [-0.15, -0.1) is 0 Å². The minimum Gasteiger partial charge on any atom is -0.295 e. The number of rotatable bonds is 2. The van der Waals surface area contributed by atoms with Gasteiger partial charge in [-0.25, -0.2) is 4.68 Å². The summed E-state index contributed by atoms with van der Waals surface area (Å²) >= 11 is 5.91. The number of benzene rings is 2. The summed E-state index contributed by atoms with van der Waals surface area (Å²) in [6, 6.07) is 15.1. The fraction of sp³-hybridized carbons (Fsp3) is 0.0714. The second kappa shape index (κ2) is 4.35. The van der Waals surface area contributed by atoms with Crippen LogP contribution in [0.4, 0.5) is 0 Å². The predicted molar refractivity (Wildman–Crippen MR) is 73.1 cm³/mol. The summed E-state index contributed by atoms with van der Waals surface area (Å²) in [5.74, 6) is 0. The lowest BCUT2D eigenvalue weighted by Gasteiger charge is -2.00. The second-order valence-electron chi connectivity index (χ2n) is 4.18. The molecule has 1 N–H and O–H groups in total. The van der Waals surface area contributed by atoms with Crippen LogP contribution >= 0.6 is 11.6 Å². The Morgan fingerprint density at radius 1 is 1.11 bits per heavy atom. The summed E-state index contributed by atoms with van der Waals surface area (Å²) < 4.78 is 1.59. The predicted octanol–water partition coefficient (Wildman–Crippen LogP) is 3.03. The van der Waals surface area contributed by atoms with Crippen LogP contribution in [-0.4, -0.2) is 9.78 Å². The molecule has 3 aromatic rings. The number of hydrogen-bond acceptors (Lipinski definition) is 1. The standard InChI is InChI=1S/C14H11ClN2O/c15-11-6-7-12-13(8-11)16-17(14(12)18)9-10-4-2-1-3-5-10/h1-8,16H,9H2. The maximum absolute atomic E-state index is 12.1. The largest absolute Gasteiger partial charge is 0.295 e. The van der Waals surface area contributed by atoms with Gasteiger partial charge in [-0.1, -0.05) is 41.9 Å². The quantitative estimate of drug-likeness (QED) is 0.754. The van der Waals surface area contributed by atoms with Gasteiger partial charge in [0.2, 0.25) is 0 Å². The van der Waals surface area contributed by atoms with Crippen LogP contribution in [0.3, 0.4) is 0 Å². The Bertz CT molecular complexity index is 743. The van der Waals surface area contributed by atoms with Crippen LogP contribution in [-0.2, 0) is 6.54 Å². The minimum atomic E-state index is -0.0227. The molecule has 0 aliphatic carbocycles. The van der Waals surface area contributed by atoms with Crippen molar-refractivity contribution in [3.8, 4) is 0 Å². The first-order chi connectivity index (χ1) is 8.74. The van der Waals surface area contributed by atoms with Gasteiger partial charge >= 0.3 is 0 Å². The van der Waals surface area contributed by atoms with Crippen LogP contribution in [0.15, 0.2) is 53.3 Å². The highest BCUT2D eigenvalue weighted by atomic mass is 35.5. The number of fused-ring (bicyclic) bond motifs is 1. The Labute approximate surface area is 109 Å². The molecule has 0 fully saturated rings. The van der Waals surface area contributed by atoms with Gasteiger partial charge < -0.3 is 0 Å². The van der Waals surface area contributed by atoms with Crippen LogP contribution in [0.25, 0.3) is 10.9 Å². The first-order valence-corrected chi connectivity index (χ1v) is 6.04. The maximum atomic E-state index is 12.1. The van der Waals surface area contributed by atoms with Crippen molar-refractivity contribution in [2.75, 3.05) is 0 Å². The molecule has 0 radical (unpaired) electrons. The Kier molecular flexibility index (Phi) is 2.68. The molecule has 2 aromatic carbocycles. The molecule has 1 aromatic heterocycles. The van der Waals surface area contributed by atoms with Crippen LogP contribution in [0, 0.1) is 0 Å². The van der Waals surface area contributed by atoms with Gasteiger partial charge in [-0.2, -0.15) is 0 Å². The second-order valence-corrected chi connectivity index (χ2v) is 4.62. The summed E-state index contributed by atoms with van der Waals surface area (Å²) in [4.78, 5) is 12.1. The van der Waals surface area contributed by atoms with E-state index in [-0.39, 0.29) is 5.56 Å². The van der Waals surface area contributed by atoms with Gasteiger partial charge in [0.05, 0.1) is 17.4 Å². The van der Waals surface area contributed by atoms with E-state index < -0.39 is 0 Å². The van der Waals surface area contributed by atoms with E-state index in [9.17, 15) is 4.79 Å². The summed E-state index contributed by atoms with van der Waals surface area (Å²) in [7, 11) is 0. The van der Waals surface area contributed by atoms with E-state index in [0.717, 1.165) is 11.1 Å². The molecule has 3 nitrogen and oxygen atoms in total. The summed E-state index contributed by atoms with van der Waals surface area (Å²) in [5.41, 5.74) is 1.83. The van der Waals surface area contributed by atoms with Gasteiger partial charge in [-0.3, -0.25) is 9.89 Å². The highest BCUT2D eigenvalue weighted by Crippen LogP contribution is 2.15. The van der Waals surface area contributed by atoms with Gasteiger partial charge in [0.15, 0.2) is 0 Å². The molecule has 0 unspecified atom stereocenters. The highest BCUT2D eigenvalue weighted by Gasteiger charge is 2.06. The molecule has 0 bridgehead atoms. The van der Waals surface area contributed by atoms with E-state index in [1.807, 2.05) is 30.3 Å². The van der Waals surface area contributed by atoms with Crippen molar-refractivity contribution in [2.24, 2.45) is 0 Å². The molecule has 0 aliphatic heterocycles. The first-order valence-electron chi connectivity index (χ1n) is 5.66. The zero-order chi connectivity index (χ0) is 12.5. The van der Waals surface area contributed by atoms with E-state index in [0.29, 0.717) is 17.0 Å². The van der Waals surface area contributed by atoms with Crippen molar-refractivity contribution in [3.63, 3.8) is 0 Å². The molecular formula is C14H11ClN2O. The van der Waals surface area contributed by atoms with Crippen LogP contribution in [0.5, 0.6) is 0 Å². The molecule has 0 saturated carbocycles. The van der Waals surface area contributed by atoms with Gasteiger partial charge in [0.1, 0.15) is 0 Å². The number of aromatic amines is 1. The van der Waals surface area contributed by atoms with Gasteiger partial charge in [0, 0.05) is 5.02 Å². The lowest BCUT2D eigenvalue weighted by Crippen LogP contribution is -2.17.